The van der Waals surface area contributed by atoms with Crippen molar-refractivity contribution < 1.29 is 17.2 Å². The first-order valence-electron chi connectivity index (χ1n) is 7.24. The highest BCUT2D eigenvalue weighted by atomic mass is 32.2. The molecule has 2 aromatic carbocycles. The molecule has 1 aliphatic heterocycles. The zero-order chi connectivity index (χ0) is 16.4. The van der Waals surface area contributed by atoms with Gasteiger partial charge in [0.2, 0.25) is 10.0 Å². The molecule has 1 saturated heterocycles. The van der Waals surface area contributed by atoms with Gasteiger partial charge in [-0.1, -0.05) is 12.1 Å². The fourth-order valence-corrected chi connectivity index (χ4v) is 4.12. The molecule has 0 spiro atoms. The van der Waals surface area contributed by atoms with E-state index in [1.165, 1.54) is 34.6 Å². The number of sulfonamides is 1. The van der Waals surface area contributed by atoms with Gasteiger partial charge in [-0.3, -0.25) is 0 Å². The number of anilines is 1. The third-order valence-corrected chi connectivity index (χ3v) is 5.82. The lowest BCUT2D eigenvalue weighted by atomic mass is 10.2. The van der Waals surface area contributed by atoms with Crippen molar-refractivity contribution in [2.45, 2.75) is 4.90 Å². The summed E-state index contributed by atoms with van der Waals surface area (Å²) in [5, 5.41) is 0. The van der Waals surface area contributed by atoms with Crippen LogP contribution in [-0.2, 0) is 10.0 Å². The first-order chi connectivity index (χ1) is 11.0. The van der Waals surface area contributed by atoms with Crippen LogP contribution in [0.2, 0.25) is 0 Å². The summed E-state index contributed by atoms with van der Waals surface area (Å²) in [4.78, 5) is 1.68. The van der Waals surface area contributed by atoms with Gasteiger partial charge in [-0.15, -0.1) is 0 Å². The van der Waals surface area contributed by atoms with E-state index in [0.717, 1.165) is 11.8 Å². The molecule has 0 amide bonds. The van der Waals surface area contributed by atoms with Crippen LogP contribution >= 0.6 is 0 Å². The molecule has 0 atom stereocenters. The molecule has 0 N–H and O–H groups in total. The van der Waals surface area contributed by atoms with Gasteiger partial charge in [0, 0.05) is 31.9 Å². The molecule has 0 bridgehead atoms. The molecule has 0 aromatic heterocycles. The largest absolute Gasteiger partial charge is 0.369 e. The van der Waals surface area contributed by atoms with Crippen molar-refractivity contribution in [1.29, 1.82) is 0 Å². The van der Waals surface area contributed by atoms with E-state index in [-0.39, 0.29) is 23.8 Å². The Morgan fingerprint density at radius 2 is 1.43 bits per heavy atom. The Morgan fingerprint density at radius 1 is 0.826 bits per heavy atom. The molecule has 0 unspecified atom stereocenters. The summed E-state index contributed by atoms with van der Waals surface area (Å²) in [6.07, 6.45) is 0. The normalized spacial score (nSPS) is 16.5. The van der Waals surface area contributed by atoms with Crippen molar-refractivity contribution in [3.8, 4) is 0 Å². The van der Waals surface area contributed by atoms with Crippen LogP contribution < -0.4 is 4.90 Å². The Kier molecular flexibility index (Phi) is 4.32. The van der Waals surface area contributed by atoms with Crippen LogP contribution in [0, 0.1) is 11.6 Å². The van der Waals surface area contributed by atoms with Gasteiger partial charge in [0.1, 0.15) is 16.5 Å². The predicted molar refractivity (Wildman–Crippen MR) is 83.8 cm³/mol. The summed E-state index contributed by atoms with van der Waals surface area (Å²) in [7, 11) is -3.83. The fraction of sp³-hybridized carbons (Fsp3) is 0.250. The third-order valence-electron chi connectivity index (χ3n) is 3.88. The second-order valence-corrected chi connectivity index (χ2v) is 7.20. The van der Waals surface area contributed by atoms with E-state index in [4.69, 9.17) is 0 Å². The van der Waals surface area contributed by atoms with Gasteiger partial charge >= 0.3 is 0 Å². The van der Waals surface area contributed by atoms with Crippen LogP contribution in [0.4, 0.5) is 14.5 Å². The highest BCUT2D eigenvalue weighted by molar-refractivity contribution is 7.89. The maximum atomic E-state index is 13.8. The van der Waals surface area contributed by atoms with E-state index in [2.05, 4.69) is 0 Å². The van der Waals surface area contributed by atoms with Crippen LogP contribution in [0.3, 0.4) is 0 Å². The first kappa shape index (κ1) is 15.9. The zero-order valence-corrected chi connectivity index (χ0v) is 13.1. The zero-order valence-electron chi connectivity index (χ0n) is 12.3. The summed E-state index contributed by atoms with van der Waals surface area (Å²) in [6.45, 7) is 1.46. The summed E-state index contributed by atoms with van der Waals surface area (Å²) >= 11 is 0. The maximum Gasteiger partial charge on any atom is 0.246 e. The van der Waals surface area contributed by atoms with Crippen molar-refractivity contribution in [3.05, 3.63) is 60.2 Å². The average molecular weight is 338 g/mol. The van der Waals surface area contributed by atoms with E-state index in [1.807, 2.05) is 4.90 Å². The number of halogens is 2. The summed E-state index contributed by atoms with van der Waals surface area (Å²) in [5.74, 6) is -1.05. The average Bonchev–Trinajstić information content (AvgIpc) is 2.56. The molecular weight excluding hydrogens is 322 g/mol. The van der Waals surface area contributed by atoms with Crippen molar-refractivity contribution in [2.24, 2.45) is 0 Å². The second-order valence-electron chi connectivity index (χ2n) is 5.30. The van der Waals surface area contributed by atoms with Gasteiger partial charge in [-0.05, 0) is 36.4 Å². The SMILES string of the molecule is O=S(=O)(c1ccccc1F)N1CCN(c2ccc(F)cc2)CC1. The smallest absolute Gasteiger partial charge is 0.246 e. The molecule has 1 aliphatic rings. The first-order valence-corrected chi connectivity index (χ1v) is 8.68. The van der Waals surface area contributed by atoms with Crippen LogP contribution in [0.5, 0.6) is 0 Å². The highest BCUT2D eigenvalue weighted by Gasteiger charge is 2.30. The van der Waals surface area contributed by atoms with E-state index in [9.17, 15) is 17.2 Å². The van der Waals surface area contributed by atoms with E-state index in [0.29, 0.717) is 13.1 Å². The predicted octanol–water partition coefficient (Wildman–Crippen LogP) is 2.48. The van der Waals surface area contributed by atoms with Crippen molar-refractivity contribution in [2.75, 3.05) is 31.1 Å². The van der Waals surface area contributed by atoms with Gasteiger partial charge in [-0.25, -0.2) is 17.2 Å². The Labute approximate surface area is 134 Å². The standard InChI is InChI=1S/C16H16F2N2O2S/c17-13-5-7-14(8-6-13)19-9-11-20(12-10-19)23(21,22)16-4-2-1-3-15(16)18/h1-8H,9-12H2. The number of rotatable bonds is 3. The van der Waals surface area contributed by atoms with Crippen LogP contribution in [-0.4, -0.2) is 38.9 Å². The molecule has 1 fully saturated rings. The summed E-state index contributed by atoms with van der Waals surface area (Å²) < 4.78 is 53.0. The monoisotopic (exact) mass is 338 g/mol. The molecule has 1 heterocycles. The minimum atomic E-state index is -3.83. The van der Waals surface area contributed by atoms with Crippen molar-refractivity contribution in [1.82, 2.24) is 4.31 Å². The number of nitrogens with zero attached hydrogens (tertiary/aromatic N) is 2. The Hall–Kier alpha value is -1.99. The number of hydrogen-bond acceptors (Lipinski definition) is 3. The summed E-state index contributed by atoms with van der Waals surface area (Å²) in [6, 6.07) is 11.5. The minimum absolute atomic E-state index is 0.258. The van der Waals surface area contributed by atoms with Crippen molar-refractivity contribution >= 4 is 15.7 Å². The van der Waals surface area contributed by atoms with Crippen LogP contribution in [0.1, 0.15) is 0 Å². The van der Waals surface area contributed by atoms with Crippen LogP contribution in [0.15, 0.2) is 53.4 Å². The van der Waals surface area contributed by atoms with Gasteiger partial charge in [0.15, 0.2) is 0 Å². The van der Waals surface area contributed by atoms with E-state index < -0.39 is 15.8 Å². The number of hydrogen-bond donors (Lipinski definition) is 0. The number of benzene rings is 2. The molecule has 0 saturated carbocycles. The number of piperazine rings is 1. The molecule has 3 rings (SSSR count). The Bertz CT molecular complexity index is 786. The fourth-order valence-electron chi connectivity index (χ4n) is 2.63. The molecule has 2 aromatic rings. The quantitative estimate of drug-likeness (QED) is 0.863. The Morgan fingerprint density at radius 3 is 2.04 bits per heavy atom. The lowest BCUT2D eigenvalue weighted by molar-refractivity contribution is 0.382. The van der Waals surface area contributed by atoms with Crippen LogP contribution in [0.25, 0.3) is 0 Å². The Balaban J connectivity index is 1.74. The lowest BCUT2D eigenvalue weighted by Crippen LogP contribution is -2.48. The molecule has 23 heavy (non-hydrogen) atoms. The molecule has 122 valence electrons. The molecule has 0 aliphatic carbocycles. The van der Waals surface area contributed by atoms with Crippen molar-refractivity contribution in [3.63, 3.8) is 0 Å². The molecule has 0 radical (unpaired) electrons. The molecule has 7 heteroatoms. The summed E-state index contributed by atoms with van der Waals surface area (Å²) in [5.41, 5.74) is 0.842. The lowest BCUT2D eigenvalue weighted by Gasteiger charge is -2.35. The van der Waals surface area contributed by atoms with Gasteiger partial charge < -0.3 is 4.90 Å². The van der Waals surface area contributed by atoms with E-state index in [1.54, 1.807) is 12.1 Å². The van der Waals surface area contributed by atoms with Gasteiger partial charge in [-0.2, -0.15) is 4.31 Å². The van der Waals surface area contributed by atoms with Gasteiger partial charge in [0.05, 0.1) is 0 Å². The minimum Gasteiger partial charge on any atom is -0.369 e. The third kappa shape index (κ3) is 3.20. The van der Waals surface area contributed by atoms with Gasteiger partial charge in [0.25, 0.3) is 0 Å². The van der Waals surface area contributed by atoms with E-state index >= 15 is 0 Å². The maximum absolute atomic E-state index is 13.8. The topological polar surface area (TPSA) is 40.6 Å². The molecule has 4 nitrogen and oxygen atoms in total. The highest BCUT2D eigenvalue weighted by Crippen LogP contribution is 2.22. The second kappa shape index (κ2) is 6.25. The molecular formula is C16H16F2N2O2S.